The lowest BCUT2D eigenvalue weighted by Crippen LogP contribution is -2.18. The number of nitrogens with two attached hydrogens (primary N) is 2. The Morgan fingerprint density at radius 2 is 1.44 bits per heavy atom. The fourth-order valence-corrected chi connectivity index (χ4v) is 0. The van der Waals surface area contributed by atoms with Gasteiger partial charge in [-0.25, -0.2) is 4.79 Å². The van der Waals surface area contributed by atoms with Gasteiger partial charge in [0.1, 0.15) is 0 Å². The zero-order chi connectivity index (χ0) is 7.70. The molecule has 4 N–H and O–H groups in total. The molecule has 54 valence electrons. The molecule has 4 heteroatoms. The molecule has 9 heavy (non-hydrogen) atoms. The Bertz CT molecular complexity index is 66.6. The van der Waals surface area contributed by atoms with Gasteiger partial charge in [-0.1, -0.05) is 0 Å². The molecule has 0 aromatic heterocycles. The van der Waals surface area contributed by atoms with E-state index in [9.17, 15) is 0 Å². The molecule has 0 saturated carbocycles. The average Bonchev–Trinajstić information content (AvgIpc) is 2.50. The Labute approximate surface area is 54.5 Å². The SMILES string of the molecule is C1CO1.C=C.NC(N)=O. The highest BCUT2D eigenvalue weighted by atomic mass is 16.6. The van der Waals surface area contributed by atoms with E-state index in [1.54, 1.807) is 0 Å². The number of ether oxygens (including phenoxy) is 1. The molecule has 1 fully saturated rings. The van der Waals surface area contributed by atoms with Crippen molar-refractivity contribution in [1.29, 1.82) is 0 Å². The first kappa shape index (κ1) is 10.9. The summed E-state index contributed by atoms with van der Waals surface area (Å²) >= 11 is 0. The van der Waals surface area contributed by atoms with E-state index in [-0.39, 0.29) is 0 Å². The zero-order valence-electron chi connectivity index (χ0n) is 5.30. The number of hydrogen-bond donors (Lipinski definition) is 2. The highest BCUT2D eigenvalue weighted by molar-refractivity contribution is 5.69. The van der Waals surface area contributed by atoms with Crippen LogP contribution < -0.4 is 11.5 Å². The van der Waals surface area contributed by atoms with Crippen molar-refractivity contribution < 1.29 is 9.53 Å². The summed E-state index contributed by atoms with van der Waals surface area (Å²) in [5.74, 6) is 0. The zero-order valence-corrected chi connectivity index (χ0v) is 5.30. The monoisotopic (exact) mass is 132 g/mol. The highest BCUT2D eigenvalue weighted by Crippen LogP contribution is 1.84. The predicted octanol–water partition coefficient (Wildman–Crippen LogP) is -0.157. The van der Waals surface area contributed by atoms with Crippen LogP contribution in [-0.4, -0.2) is 19.2 Å². The van der Waals surface area contributed by atoms with E-state index < -0.39 is 6.03 Å². The largest absolute Gasteiger partial charge is 0.377 e. The van der Waals surface area contributed by atoms with Crippen molar-refractivity contribution in [1.82, 2.24) is 0 Å². The molecular weight excluding hydrogens is 120 g/mol. The summed E-state index contributed by atoms with van der Waals surface area (Å²) < 4.78 is 4.50. The van der Waals surface area contributed by atoms with Crippen molar-refractivity contribution in [3.8, 4) is 0 Å². The standard InChI is InChI=1S/C2H4O.C2H4.CH4N2O/c1-2-3-1;1-2;2-1(3)4/h1-2H2;1-2H2;(H4,2,3,4). The lowest BCUT2D eigenvalue weighted by atomic mass is 11.0. The third-order valence-corrected chi connectivity index (χ3v) is 0.204. The van der Waals surface area contributed by atoms with Gasteiger partial charge in [0.2, 0.25) is 0 Å². The molecular formula is C5H12N2O2. The van der Waals surface area contributed by atoms with E-state index in [2.05, 4.69) is 29.4 Å². The van der Waals surface area contributed by atoms with E-state index in [0.29, 0.717) is 0 Å². The van der Waals surface area contributed by atoms with Crippen LogP contribution in [0.25, 0.3) is 0 Å². The number of urea groups is 1. The lowest BCUT2D eigenvalue weighted by Gasteiger charge is -1.62. The average molecular weight is 132 g/mol. The molecule has 0 spiro atoms. The van der Waals surface area contributed by atoms with E-state index >= 15 is 0 Å². The van der Waals surface area contributed by atoms with Gasteiger partial charge in [-0.15, -0.1) is 13.2 Å². The first-order valence-electron chi connectivity index (χ1n) is 2.36. The van der Waals surface area contributed by atoms with E-state index in [0.717, 1.165) is 13.2 Å². The van der Waals surface area contributed by atoms with Crippen molar-refractivity contribution in [2.24, 2.45) is 11.5 Å². The molecule has 0 atom stereocenters. The molecule has 0 aromatic carbocycles. The Balaban J connectivity index is 0. The highest BCUT2D eigenvalue weighted by Gasteiger charge is 1.94. The topological polar surface area (TPSA) is 81.6 Å². The predicted molar refractivity (Wildman–Crippen MR) is 35.8 cm³/mol. The van der Waals surface area contributed by atoms with E-state index in [4.69, 9.17) is 4.79 Å². The molecule has 0 radical (unpaired) electrons. The molecule has 0 aliphatic carbocycles. The van der Waals surface area contributed by atoms with Crippen molar-refractivity contribution in [3.63, 3.8) is 0 Å². The van der Waals surface area contributed by atoms with Crippen LogP contribution >= 0.6 is 0 Å². The van der Waals surface area contributed by atoms with Gasteiger partial charge in [0, 0.05) is 0 Å². The van der Waals surface area contributed by atoms with Crippen molar-refractivity contribution in [2.45, 2.75) is 0 Å². The summed E-state index contributed by atoms with van der Waals surface area (Å²) in [6.45, 7) is 8.00. The Hall–Kier alpha value is -1.03. The number of rotatable bonds is 0. The fraction of sp³-hybridized carbons (Fsp3) is 0.400. The normalized spacial score (nSPS) is 11.1. The smallest absolute Gasteiger partial charge is 0.309 e. The number of epoxide rings is 1. The first-order valence-corrected chi connectivity index (χ1v) is 2.36. The molecule has 4 nitrogen and oxygen atoms in total. The summed E-state index contributed by atoms with van der Waals surface area (Å²) in [7, 11) is 0. The minimum absolute atomic E-state index is 0.833. The molecule has 1 aliphatic heterocycles. The van der Waals surface area contributed by atoms with Crippen molar-refractivity contribution in [3.05, 3.63) is 13.2 Å². The van der Waals surface area contributed by atoms with Crippen LogP contribution in [-0.2, 0) is 4.74 Å². The maximum Gasteiger partial charge on any atom is 0.309 e. The van der Waals surface area contributed by atoms with Gasteiger partial charge in [0.15, 0.2) is 0 Å². The van der Waals surface area contributed by atoms with Gasteiger partial charge < -0.3 is 16.2 Å². The maximum atomic E-state index is 9.00. The quantitative estimate of drug-likeness (QED) is 0.354. The van der Waals surface area contributed by atoms with Crippen LogP contribution in [0.5, 0.6) is 0 Å². The van der Waals surface area contributed by atoms with Crippen LogP contribution in [0.15, 0.2) is 13.2 Å². The summed E-state index contributed by atoms with van der Waals surface area (Å²) in [5, 5.41) is 0. The molecule has 1 aliphatic rings. The Kier molecular flexibility index (Phi) is 12.1. The number of hydrogen-bond acceptors (Lipinski definition) is 2. The molecule has 0 aromatic rings. The molecule has 2 amide bonds. The minimum Gasteiger partial charge on any atom is -0.377 e. The summed E-state index contributed by atoms with van der Waals surface area (Å²) in [5.41, 5.74) is 8.50. The number of primary amides is 2. The molecule has 0 unspecified atom stereocenters. The molecule has 0 bridgehead atoms. The van der Waals surface area contributed by atoms with Crippen LogP contribution in [0.3, 0.4) is 0 Å². The summed E-state index contributed by atoms with van der Waals surface area (Å²) in [6.07, 6.45) is 0. The van der Waals surface area contributed by atoms with Crippen LogP contribution in [0.4, 0.5) is 4.79 Å². The maximum absolute atomic E-state index is 9.00. The molecule has 1 rings (SSSR count). The third kappa shape index (κ3) is 191000. The summed E-state index contributed by atoms with van der Waals surface area (Å²) in [6, 6.07) is -0.833. The minimum atomic E-state index is -0.833. The molecule has 1 heterocycles. The van der Waals surface area contributed by atoms with Crippen LogP contribution in [0.1, 0.15) is 0 Å². The van der Waals surface area contributed by atoms with Gasteiger partial charge in [-0.2, -0.15) is 0 Å². The second kappa shape index (κ2) is 10.1. The Morgan fingerprint density at radius 1 is 1.33 bits per heavy atom. The van der Waals surface area contributed by atoms with Gasteiger partial charge in [-0.3, -0.25) is 0 Å². The van der Waals surface area contributed by atoms with Gasteiger partial charge in [0.05, 0.1) is 13.2 Å². The fourth-order valence-electron chi connectivity index (χ4n) is 0. The van der Waals surface area contributed by atoms with Gasteiger partial charge >= 0.3 is 6.03 Å². The number of amides is 2. The second-order valence-electron chi connectivity index (χ2n) is 1.01. The van der Waals surface area contributed by atoms with E-state index in [1.807, 2.05) is 0 Å². The first-order chi connectivity index (χ1) is 4.23. The van der Waals surface area contributed by atoms with Crippen LogP contribution in [0, 0.1) is 0 Å². The van der Waals surface area contributed by atoms with Crippen molar-refractivity contribution in [2.75, 3.05) is 13.2 Å². The lowest BCUT2D eigenvalue weighted by molar-refractivity contribution is 0.256. The molecule has 1 saturated heterocycles. The van der Waals surface area contributed by atoms with Gasteiger partial charge in [-0.05, 0) is 0 Å². The van der Waals surface area contributed by atoms with E-state index in [1.165, 1.54) is 0 Å². The second-order valence-corrected chi connectivity index (χ2v) is 1.01. The Morgan fingerprint density at radius 3 is 1.44 bits per heavy atom. The third-order valence-electron chi connectivity index (χ3n) is 0.204. The summed E-state index contributed by atoms with van der Waals surface area (Å²) in [4.78, 5) is 9.00. The van der Waals surface area contributed by atoms with Crippen LogP contribution in [0.2, 0.25) is 0 Å². The van der Waals surface area contributed by atoms with Crippen molar-refractivity contribution >= 4 is 6.03 Å². The number of carbonyl (C=O) groups is 1. The number of carbonyl (C=O) groups excluding carboxylic acids is 1. The van der Waals surface area contributed by atoms with Gasteiger partial charge in [0.25, 0.3) is 0 Å².